The molecule has 0 unspecified atom stereocenters. The van der Waals surface area contributed by atoms with Crippen LogP contribution in [0.2, 0.25) is 0 Å². The van der Waals surface area contributed by atoms with Crippen molar-refractivity contribution in [1.29, 1.82) is 0 Å². The maximum Gasteiger partial charge on any atom is 0.343 e. The molecule has 1 fully saturated rings. The summed E-state index contributed by atoms with van der Waals surface area (Å²) in [4.78, 5) is 15.0. The monoisotopic (exact) mass is 336 g/mol. The Hall–Kier alpha value is -2.43. The van der Waals surface area contributed by atoms with Gasteiger partial charge in [-0.1, -0.05) is 48.5 Å². The highest BCUT2D eigenvalue weighted by molar-refractivity contribution is 5.93. The van der Waals surface area contributed by atoms with Crippen LogP contribution in [0.5, 0.6) is 0 Å². The molecule has 2 N–H and O–H groups in total. The molecule has 2 aromatic carbocycles. The molecule has 2 aliphatic rings. The Kier molecular flexibility index (Phi) is 4.63. The summed E-state index contributed by atoms with van der Waals surface area (Å²) >= 11 is 0. The van der Waals surface area contributed by atoms with Crippen LogP contribution in [0, 0.1) is 0 Å². The maximum atomic E-state index is 12.0. The summed E-state index contributed by atoms with van der Waals surface area (Å²) in [7, 11) is 0. The van der Waals surface area contributed by atoms with E-state index in [2.05, 4.69) is 36.4 Å². The molecule has 0 aliphatic carbocycles. The van der Waals surface area contributed by atoms with E-state index in [1.165, 1.54) is 10.5 Å². The minimum Gasteiger partial charge on any atom is -0.404 e. The predicted octanol–water partition coefficient (Wildman–Crippen LogP) is 0.352. The molecule has 1 saturated heterocycles. The van der Waals surface area contributed by atoms with Crippen molar-refractivity contribution in [2.75, 3.05) is 32.7 Å². The summed E-state index contributed by atoms with van der Waals surface area (Å²) in [6.45, 7) is 5.31. The zero-order valence-corrected chi connectivity index (χ0v) is 14.3. The van der Waals surface area contributed by atoms with E-state index in [4.69, 9.17) is 4.74 Å². The molecule has 4 nitrogen and oxygen atoms in total. The second-order valence-corrected chi connectivity index (χ2v) is 6.80. The number of carbonyl (C=O) groups is 1. The second kappa shape index (κ2) is 7.21. The van der Waals surface area contributed by atoms with Crippen molar-refractivity contribution < 1.29 is 19.3 Å². The normalized spacial score (nSPS) is 25.8. The Balaban J connectivity index is 1.32. The number of fused-ring (bicyclic) bond motifs is 1. The van der Waals surface area contributed by atoms with E-state index in [0.29, 0.717) is 0 Å². The standard InChI is InChI=1S/C21H22N2O2/c24-21-19-11-5-4-10-18(19)20(25-21)23-15-13-22(14-16-23)12-6-9-17-7-2-1-3-8-17/h1-11,20H,12-16H2/p+2/b9-6+/t20-/m1/s1. The highest BCUT2D eigenvalue weighted by Crippen LogP contribution is 2.25. The van der Waals surface area contributed by atoms with Gasteiger partial charge in [-0.2, -0.15) is 0 Å². The van der Waals surface area contributed by atoms with E-state index in [0.717, 1.165) is 43.9 Å². The van der Waals surface area contributed by atoms with Crippen LogP contribution in [0.1, 0.15) is 27.7 Å². The largest absolute Gasteiger partial charge is 0.404 e. The van der Waals surface area contributed by atoms with Crippen molar-refractivity contribution >= 4 is 12.0 Å². The lowest BCUT2D eigenvalue weighted by Crippen LogP contribution is -3.28. The van der Waals surface area contributed by atoms with Gasteiger partial charge in [0.1, 0.15) is 26.2 Å². The second-order valence-electron chi connectivity index (χ2n) is 6.80. The van der Waals surface area contributed by atoms with Crippen molar-refractivity contribution in [3.63, 3.8) is 0 Å². The van der Waals surface area contributed by atoms with Crippen LogP contribution in [0.15, 0.2) is 60.7 Å². The van der Waals surface area contributed by atoms with Crippen molar-refractivity contribution in [2.24, 2.45) is 0 Å². The first-order valence-electron chi connectivity index (χ1n) is 9.01. The Morgan fingerprint density at radius 2 is 1.68 bits per heavy atom. The average Bonchev–Trinajstić information content (AvgIpc) is 3.00. The number of nitrogens with one attached hydrogen (secondary N) is 2. The third kappa shape index (κ3) is 3.50. The first kappa shape index (κ1) is 16.1. The number of piperazine rings is 1. The van der Waals surface area contributed by atoms with Crippen LogP contribution in [0.25, 0.3) is 6.08 Å². The molecule has 0 spiro atoms. The van der Waals surface area contributed by atoms with Gasteiger partial charge in [0.05, 0.1) is 17.7 Å². The molecule has 2 aliphatic heterocycles. The van der Waals surface area contributed by atoms with Gasteiger partial charge in [0, 0.05) is 0 Å². The Morgan fingerprint density at radius 3 is 2.48 bits per heavy atom. The van der Waals surface area contributed by atoms with Gasteiger partial charge in [0.15, 0.2) is 0 Å². The third-order valence-corrected chi connectivity index (χ3v) is 5.17. The molecule has 25 heavy (non-hydrogen) atoms. The van der Waals surface area contributed by atoms with E-state index >= 15 is 0 Å². The molecule has 4 heteroatoms. The first-order valence-corrected chi connectivity index (χ1v) is 9.01. The topological polar surface area (TPSA) is 35.2 Å². The number of hydrogen-bond donors (Lipinski definition) is 2. The highest BCUT2D eigenvalue weighted by atomic mass is 16.6. The molecule has 4 rings (SSSR count). The lowest BCUT2D eigenvalue weighted by Gasteiger charge is -2.31. The van der Waals surface area contributed by atoms with Gasteiger partial charge in [0.25, 0.3) is 6.23 Å². The van der Waals surface area contributed by atoms with Crippen LogP contribution in [0.4, 0.5) is 0 Å². The number of benzene rings is 2. The Labute approximate surface area is 148 Å². The minimum absolute atomic E-state index is 0.120. The molecular weight excluding hydrogens is 312 g/mol. The molecular formula is C21H24N2O2+2. The third-order valence-electron chi connectivity index (χ3n) is 5.17. The predicted molar refractivity (Wildman–Crippen MR) is 96.3 cm³/mol. The Morgan fingerprint density at radius 1 is 0.960 bits per heavy atom. The number of quaternary nitrogens is 2. The van der Waals surface area contributed by atoms with Crippen LogP contribution in [-0.4, -0.2) is 38.7 Å². The fourth-order valence-electron chi connectivity index (χ4n) is 3.77. The van der Waals surface area contributed by atoms with E-state index < -0.39 is 0 Å². The van der Waals surface area contributed by atoms with Crippen molar-refractivity contribution in [3.8, 4) is 0 Å². The van der Waals surface area contributed by atoms with Gasteiger partial charge in [-0.25, -0.2) is 4.79 Å². The molecule has 1 atom stereocenters. The molecule has 0 saturated carbocycles. The van der Waals surface area contributed by atoms with Crippen molar-refractivity contribution in [1.82, 2.24) is 0 Å². The molecule has 128 valence electrons. The molecule has 2 aromatic rings. The molecule has 0 radical (unpaired) electrons. The number of esters is 1. The zero-order valence-electron chi connectivity index (χ0n) is 14.3. The summed E-state index contributed by atoms with van der Waals surface area (Å²) in [5.41, 5.74) is 3.04. The fourth-order valence-corrected chi connectivity index (χ4v) is 3.77. The smallest absolute Gasteiger partial charge is 0.343 e. The number of hydrogen-bond acceptors (Lipinski definition) is 2. The van der Waals surface area contributed by atoms with E-state index in [-0.39, 0.29) is 12.2 Å². The lowest BCUT2D eigenvalue weighted by atomic mass is 10.1. The number of carbonyl (C=O) groups excluding carboxylic acids is 1. The van der Waals surface area contributed by atoms with E-state index in [1.54, 1.807) is 4.90 Å². The summed E-state index contributed by atoms with van der Waals surface area (Å²) in [5, 5.41) is 0. The SMILES string of the molecule is O=C1O[C@@H]([NH+]2CC[NH+](C/C=C/c3ccccc3)CC2)c2ccccc21. The summed E-state index contributed by atoms with van der Waals surface area (Å²) < 4.78 is 5.65. The molecule has 2 heterocycles. The van der Waals surface area contributed by atoms with Crippen molar-refractivity contribution in [2.45, 2.75) is 6.23 Å². The van der Waals surface area contributed by atoms with Crippen molar-refractivity contribution in [3.05, 3.63) is 77.4 Å². The fraction of sp³-hybridized carbons (Fsp3) is 0.286. The summed E-state index contributed by atoms with van der Waals surface area (Å²) in [5.74, 6) is -0.173. The lowest BCUT2D eigenvalue weighted by molar-refractivity contribution is -1.03. The molecule has 0 amide bonds. The first-order chi connectivity index (χ1) is 12.3. The zero-order chi connectivity index (χ0) is 17.1. The van der Waals surface area contributed by atoms with Crippen LogP contribution in [0.3, 0.4) is 0 Å². The molecule has 0 bridgehead atoms. The van der Waals surface area contributed by atoms with Gasteiger partial charge >= 0.3 is 5.97 Å². The van der Waals surface area contributed by atoms with Gasteiger partial charge in [-0.3, -0.25) is 4.90 Å². The Bertz CT molecular complexity index is 764. The van der Waals surface area contributed by atoms with E-state index in [1.807, 2.05) is 30.3 Å². The number of rotatable bonds is 4. The van der Waals surface area contributed by atoms with Gasteiger partial charge in [-0.15, -0.1) is 0 Å². The molecule has 0 aromatic heterocycles. The van der Waals surface area contributed by atoms with Crippen LogP contribution >= 0.6 is 0 Å². The number of ether oxygens (including phenoxy) is 1. The van der Waals surface area contributed by atoms with Crippen LogP contribution < -0.4 is 9.80 Å². The van der Waals surface area contributed by atoms with Gasteiger partial charge in [0.2, 0.25) is 0 Å². The van der Waals surface area contributed by atoms with Gasteiger partial charge < -0.3 is 9.64 Å². The number of cyclic esters (lactones) is 1. The quantitative estimate of drug-likeness (QED) is 0.791. The minimum atomic E-state index is -0.173. The summed E-state index contributed by atoms with van der Waals surface area (Å²) in [6.07, 6.45) is 4.34. The average molecular weight is 336 g/mol. The van der Waals surface area contributed by atoms with Gasteiger partial charge in [-0.05, 0) is 23.8 Å². The van der Waals surface area contributed by atoms with E-state index in [9.17, 15) is 4.79 Å². The van der Waals surface area contributed by atoms with Crippen LogP contribution in [-0.2, 0) is 4.74 Å². The highest BCUT2D eigenvalue weighted by Gasteiger charge is 2.40. The summed E-state index contributed by atoms with van der Waals surface area (Å²) in [6, 6.07) is 18.2. The maximum absolute atomic E-state index is 12.0.